The summed E-state index contributed by atoms with van der Waals surface area (Å²) in [4.78, 5) is 12.0. The molecule has 136 valence electrons. The zero-order valence-electron chi connectivity index (χ0n) is 13.4. The summed E-state index contributed by atoms with van der Waals surface area (Å²) in [6, 6.07) is 2.39. The second kappa shape index (κ2) is 7.62. The zero-order chi connectivity index (χ0) is 18.5. The molecule has 0 heterocycles. The predicted octanol–water partition coefficient (Wildman–Crippen LogP) is 0.399. The van der Waals surface area contributed by atoms with Crippen LogP contribution in [-0.2, 0) is 10.0 Å². The molecule has 0 saturated carbocycles. The SMILES string of the molecule is COc1cc(C(=O)NCC(F)(F)CN)cc(NS(C)(=O)=O)c1OC. The molecule has 0 aliphatic carbocycles. The lowest BCUT2D eigenvalue weighted by atomic mass is 10.1. The Morgan fingerprint density at radius 1 is 1.29 bits per heavy atom. The van der Waals surface area contributed by atoms with Crippen LogP contribution in [0, 0.1) is 0 Å². The number of hydrogen-bond donors (Lipinski definition) is 3. The molecule has 0 aliphatic rings. The van der Waals surface area contributed by atoms with Gasteiger partial charge in [-0.1, -0.05) is 0 Å². The van der Waals surface area contributed by atoms with Gasteiger partial charge >= 0.3 is 0 Å². The number of ether oxygens (including phenoxy) is 2. The second-order valence-electron chi connectivity index (χ2n) is 4.88. The molecule has 11 heteroatoms. The number of hydrogen-bond acceptors (Lipinski definition) is 6. The molecule has 0 bridgehead atoms. The molecule has 0 atom stereocenters. The number of anilines is 1. The first-order chi connectivity index (χ1) is 11.0. The number of halogens is 2. The highest BCUT2D eigenvalue weighted by atomic mass is 32.2. The van der Waals surface area contributed by atoms with Crippen LogP contribution in [0.15, 0.2) is 12.1 Å². The van der Waals surface area contributed by atoms with Crippen LogP contribution in [0.2, 0.25) is 0 Å². The van der Waals surface area contributed by atoms with Crippen LogP contribution in [-0.4, -0.2) is 53.8 Å². The van der Waals surface area contributed by atoms with Crippen molar-refractivity contribution in [1.82, 2.24) is 5.32 Å². The van der Waals surface area contributed by atoms with Gasteiger partial charge in [0.25, 0.3) is 11.8 Å². The van der Waals surface area contributed by atoms with Crippen molar-refractivity contribution < 1.29 is 31.5 Å². The molecule has 1 aromatic carbocycles. The fraction of sp³-hybridized carbons (Fsp3) is 0.462. The number of sulfonamides is 1. The number of nitrogens with two attached hydrogens (primary N) is 1. The zero-order valence-corrected chi connectivity index (χ0v) is 14.2. The fourth-order valence-corrected chi connectivity index (χ4v) is 2.31. The predicted molar refractivity (Wildman–Crippen MR) is 84.3 cm³/mol. The van der Waals surface area contributed by atoms with E-state index >= 15 is 0 Å². The van der Waals surface area contributed by atoms with Crippen LogP contribution in [0.25, 0.3) is 0 Å². The maximum absolute atomic E-state index is 13.1. The van der Waals surface area contributed by atoms with E-state index < -0.39 is 34.9 Å². The van der Waals surface area contributed by atoms with E-state index in [-0.39, 0.29) is 22.7 Å². The van der Waals surface area contributed by atoms with Gasteiger partial charge in [-0.2, -0.15) is 0 Å². The first-order valence-electron chi connectivity index (χ1n) is 6.63. The van der Waals surface area contributed by atoms with Gasteiger partial charge in [0.1, 0.15) is 0 Å². The van der Waals surface area contributed by atoms with Crippen LogP contribution >= 0.6 is 0 Å². The lowest BCUT2D eigenvalue weighted by Gasteiger charge is -2.17. The highest BCUT2D eigenvalue weighted by molar-refractivity contribution is 7.92. The van der Waals surface area contributed by atoms with E-state index in [1.807, 2.05) is 5.32 Å². The summed E-state index contributed by atoms with van der Waals surface area (Å²) in [5, 5.41) is 2.03. The van der Waals surface area contributed by atoms with E-state index in [1.54, 1.807) is 0 Å². The highest BCUT2D eigenvalue weighted by Gasteiger charge is 2.28. The van der Waals surface area contributed by atoms with Crippen LogP contribution in [0.3, 0.4) is 0 Å². The third kappa shape index (κ3) is 5.49. The summed E-state index contributed by atoms with van der Waals surface area (Å²) in [5.41, 5.74) is 4.74. The molecular weight excluding hydrogens is 348 g/mol. The molecule has 24 heavy (non-hydrogen) atoms. The van der Waals surface area contributed by atoms with Crippen molar-refractivity contribution in [3.05, 3.63) is 17.7 Å². The van der Waals surface area contributed by atoms with Gasteiger partial charge in [0.05, 0.1) is 39.3 Å². The third-order valence-corrected chi connectivity index (χ3v) is 3.43. The molecule has 0 radical (unpaired) electrons. The van der Waals surface area contributed by atoms with Crippen molar-refractivity contribution in [2.45, 2.75) is 5.92 Å². The summed E-state index contributed by atoms with van der Waals surface area (Å²) >= 11 is 0. The summed E-state index contributed by atoms with van der Waals surface area (Å²) < 4.78 is 61.4. The number of carbonyl (C=O) groups is 1. The Balaban J connectivity index is 3.20. The van der Waals surface area contributed by atoms with E-state index in [9.17, 15) is 22.0 Å². The van der Waals surface area contributed by atoms with E-state index in [1.165, 1.54) is 20.3 Å². The molecule has 0 unspecified atom stereocenters. The van der Waals surface area contributed by atoms with Crippen molar-refractivity contribution in [1.29, 1.82) is 0 Å². The number of rotatable bonds is 8. The van der Waals surface area contributed by atoms with Crippen LogP contribution in [0.5, 0.6) is 11.5 Å². The van der Waals surface area contributed by atoms with Crippen LogP contribution < -0.4 is 25.2 Å². The first-order valence-corrected chi connectivity index (χ1v) is 8.52. The maximum atomic E-state index is 13.1. The summed E-state index contributed by atoms with van der Waals surface area (Å²) in [6.45, 7) is -1.87. The quantitative estimate of drug-likeness (QED) is 0.612. The Kier molecular flexibility index (Phi) is 6.32. The molecule has 1 amide bonds. The molecular formula is C13H19F2N3O5S. The molecule has 1 rings (SSSR count). The number of amides is 1. The summed E-state index contributed by atoms with van der Waals surface area (Å²) in [6.07, 6.45) is 0.910. The smallest absolute Gasteiger partial charge is 0.277 e. The minimum Gasteiger partial charge on any atom is -0.493 e. The van der Waals surface area contributed by atoms with Gasteiger partial charge in [-0.25, -0.2) is 17.2 Å². The lowest BCUT2D eigenvalue weighted by molar-refractivity contribution is 0.0118. The number of carbonyl (C=O) groups excluding carboxylic acids is 1. The topological polar surface area (TPSA) is 120 Å². The highest BCUT2D eigenvalue weighted by Crippen LogP contribution is 2.37. The van der Waals surface area contributed by atoms with E-state index in [4.69, 9.17) is 15.2 Å². The third-order valence-electron chi connectivity index (χ3n) is 2.84. The van der Waals surface area contributed by atoms with Crippen molar-refractivity contribution in [2.75, 3.05) is 38.3 Å². The Bertz CT molecular complexity index is 710. The molecule has 4 N–H and O–H groups in total. The number of nitrogens with one attached hydrogen (secondary N) is 2. The number of methoxy groups -OCH3 is 2. The van der Waals surface area contributed by atoms with Crippen LogP contribution in [0.4, 0.5) is 14.5 Å². The van der Waals surface area contributed by atoms with E-state index in [2.05, 4.69) is 4.72 Å². The Hall–Kier alpha value is -2.14. The molecule has 0 fully saturated rings. The first kappa shape index (κ1) is 19.9. The van der Waals surface area contributed by atoms with Crippen LogP contribution in [0.1, 0.15) is 10.4 Å². The molecule has 0 aliphatic heterocycles. The van der Waals surface area contributed by atoms with Gasteiger partial charge in [-0.3, -0.25) is 9.52 Å². The average molecular weight is 367 g/mol. The molecule has 8 nitrogen and oxygen atoms in total. The van der Waals surface area contributed by atoms with Gasteiger partial charge in [0.15, 0.2) is 11.5 Å². The van der Waals surface area contributed by atoms with E-state index in [0.717, 1.165) is 12.3 Å². The molecule has 0 spiro atoms. The van der Waals surface area contributed by atoms with Gasteiger partial charge in [-0.15, -0.1) is 0 Å². The van der Waals surface area contributed by atoms with Crippen molar-refractivity contribution in [3.63, 3.8) is 0 Å². The minimum atomic E-state index is -3.67. The Labute approximate surface area is 138 Å². The fourth-order valence-electron chi connectivity index (χ4n) is 1.75. The lowest BCUT2D eigenvalue weighted by Crippen LogP contribution is -2.41. The Morgan fingerprint density at radius 2 is 1.92 bits per heavy atom. The summed E-state index contributed by atoms with van der Waals surface area (Å²) in [7, 11) is -1.10. The molecule has 1 aromatic rings. The van der Waals surface area contributed by atoms with Crippen molar-refractivity contribution in [3.8, 4) is 11.5 Å². The second-order valence-corrected chi connectivity index (χ2v) is 6.62. The molecule has 0 aromatic heterocycles. The van der Waals surface area contributed by atoms with Gasteiger partial charge in [-0.05, 0) is 12.1 Å². The van der Waals surface area contributed by atoms with E-state index in [0.29, 0.717) is 0 Å². The normalized spacial score (nSPS) is 11.8. The Morgan fingerprint density at radius 3 is 2.38 bits per heavy atom. The largest absolute Gasteiger partial charge is 0.493 e. The number of alkyl halides is 2. The standard InChI is InChI=1S/C13H19F2N3O5S/c1-22-10-5-8(12(19)17-7-13(14,15)6-16)4-9(11(10)23-2)18-24(3,20)21/h4-5,18H,6-7,16H2,1-3H3,(H,17,19). The van der Waals surface area contributed by atoms with Gasteiger partial charge < -0.3 is 20.5 Å². The maximum Gasteiger partial charge on any atom is 0.277 e. The monoisotopic (exact) mass is 367 g/mol. The number of benzene rings is 1. The van der Waals surface area contributed by atoms with Gasteiger partial charge in [0, 0.05) is 5.56 Å². The average Bonchev–Trinajstić information content (AvgIpc) is 2.50. The van der Waals surface area contributed by atoms with Crippen molar-refractivity contribution >= 4 is 21.6 Å². The minimum absolute atomic E-state index is 0.0479. The van der Waals surface area contributed by atoms with Gasteiger partial charge in [0.2, 0.25) is 10.0 Å². The molecule has 0 saturated heterocycles. The van der Waals surface area contributed by atoms with Crippen molar-refractivity contribution in [2.24, 2.45) is 5.73 Å². The summed E-state index contributed by atoms with van der Waals surface area (Å²) in [5.74, 6) is -3.99.